The van der Waals surface area contributed by atoms with Gasteiger partial charge in [0, 0.05) is 5.56 Å². The lowest BCUT2D eigenvalue weighted by Gasteiger charge is -2.14. The molecule has 7 heteroatoms. The number of ketones is 1. The molecule has 0 N–H and O–H groups in total. The third kappa shape index (κ3) is 3.81. The van der Waals surface area contributed by atoms with E-state index in [-0.39, 0.29) is 17.4 Å². The van der Waals surface area contributed by atoms with Crippen LogP contribution < -0.4 is 18.9 Å². The van der Waals surface area contributed by atoms with Crippen molar-refractivity contribution in [2.24, 2.45) is 5.92 Å². The van der Waals surface area contributed by atoms with Gasteiger partial charge in [-0.05, 0) is 43.0 Å². The highest BCUT2D eigenvalue weighted by atomic mass is 16.5. The number of carbonyl (C=O) groups excluding carboxylic acids is 1. The zero-order valence-electron chi connectivity index (χ0n) is 16.6. The Balaban J connectivity index is 1.80. The lowest BCUT2D eigenvalue weighted by Crippen LogP contribution is -2.12. The Morgan fingerprint density at radius 3 is 2.14 bits per heavy atom. The second kappa shape index (κ2) is 7.95. The molecule has 3 aromatic rings. The zero-order valence-corrected chi connectivity index (χ0v) is 16.6. The first-order valence-electron chi connectivity index (χ1n) is 9.39. The van der Waals surface area contributed by atoms with Crippen LogP contribution in [0.3, 0.4) is 0 Å². The predicted molar refractivity (Wildman–Crippen MR) is 107 cm³/mol. The highest BCUT2D eigenvalue weighted by Crippen LogP contribution is 2.39. The summed E-state index contributed by atoms with van der Waals surface area (Å²) < 4.78 is 22.0. The SMILES string of the molecule is COc1cc(C(=O)c2nc3ccccc3nc2OCC2CC2)cc(OC)c1OC. The van der Waals surface area contributed by atoms with Crippen LogP contribution in [0.1, 0.15) is 28.9 Å². The highest BCUT2D eigenvalue weighted by molar-refractivity contribution is 6.10. The van der Waals surface area contributed by atoms with Crippen LogP contribution in [0.15, 0.2) is 36.4 Å². The van der Waals surface area contributed by atoms with Crippen LogP contribution >= 0.6 is 0 Å². The van der Waals surface area contributed by atoms with Crippen molar-refractivity contribution in [2.45, 2.75) is 12.8 Å². The van der Waals surface area contributed by atoms with Gasteiger partial charge in [0.1, 0.15) is 0 Å². The van der Waals surface area contributed by atoms with Crippen LogP contribution in [0.5, 0.6) is 23.1 Å². The number of ether oxygens (including phenoxy) is 4. The van der Waals surface area contributed by atoms with Crippen LogP contribution in [-0.2, 0) is 0 Å². The average Bonchev–Trinajstić information content (AvgIpc) is 3.59. The summed E-state index contributed by atoms with van der Waals surface area (Å²) in [7, 11) is 4.53. The van der Waals surface area contributed by atoms with Gasteiger partial charge in [-0.1, -0.05) is 12.1 Å². The molecule has 150 valence electrons. The minimum absolute atomic E-state index is 0.165. The van der Waals surface area contributed by atoms with E-state index in [1.54, 1.807) is 12.1 Å². The number of para-hydroxylation sites is 2. The van der Waals surface area contributed by atoms with E-state index < -0.39 is 0 Å². The first-order chi connectivity index (χ1) is 14.1. The van der Waals surface area contributed by atoms with Crippen molar-refractivity contribution in [3.63, 3.8) is 0 Å². The number of fused-ring (bicyclic) bond motifs is 1. The first kappa shape index (κ1) is 19.0. The molecule has 1 aliphatic rings. The molecule has 0 atom stereocenters. The van der Waals surface area contributed by atoms with Gasteiger partial charge in [-0.15, -0.1) is 0 Å². The molecule has 1 aliphatic carbocycles. The molecular weight excluding hydrogens is 372 g/mol. The summed E-state index contributed by atoms with van der Waals surface area (Å²) in [6.45, 7) is 0.530. The Kier molecular flexibility index (Phi) is 5.20. The van der Waals surface area contributed by atoms with E-state index >= 15 is 0 Å². The Morgan fingerprint density at radius 1 is 0.966 bits per heavy atom. The van der Waals surface area contributed by atoms with Gasteiger partial charge in [0.2, 0.25) is 17.4 Å². The third-order valence-corrected chi connectivity index (χ3v) is 4.83. The number of benzene rings is 2. The van der Waals surface area contributed by atoms with Crippen molar-refractivity contribution < 1.29 is 23.7 Å². The fourth-order valence-corrected chi connectivity index (χ4v) is 3.06. The summed E-state index contributed by atoms with van der Waals surface area (Å²) >= 11 is 0. The van der Waals surface area contributed by atoms with Gasteiger partial charge in [0.15, 0.2) is 17.2 Å². The van der Waals surface area contributed by atoms with Crippen LogP contribution in [-0.4, -0.2) is 43.7 Å². The molecule has 2 aromatic carbocycles. The number of methoxy groups -OCH3 is 3. The molecule has 1 fully saturated rings. The molecule has 0 radical (unpaired) electrons. The van der Waals surface area contributed by atoms with Crippen molar-refractivity contribution in [3.8, 4) is 23.1 Å². The van der Waals surface area contributed by atoms with Crippen LogP contribution in [0, 0.1) is 5.92 Å². The summed E-state index contributed by atoms with van der Waals surface area (Å²) in [4.78, 5) is 22.5. The minimum atomic E-state index is -0.326. The van der Waals surface area contributed by atoms with E-state index in [9.17, 15) is 4.79 Å². The smallest absolute Gasteiger partial charge is 0.244 e. The van der Waals surface area contributed by atoms with E-state index in [1.165, 1.54) is 21.3 Å². The van der Waals surface area contributed by atoms with Crippen molar-refractivity contribution in [1.82, 2.24) is 9.97 Å². The number of rotatable bonds is 8. The Hall–Kier alpha value is -3.35. The second-order valence-electron chi connectivity index (χ2n) is 6.86. The van der Waals surface area contributed by atoms with Gasteiger partial charge >= 0.3 is 0 Å². The number of nitrogens with zero attached hydrogens (tertiary/aromatic N) is 2. The van der Waals surface area contributed by atoms with E-state index in [4.69, 9.17) is 18.9 Å². The summed E-state index contributed by atoms with van der Waals surface area (Å²) in [5.74, 6) is 1.64. The highest BCUT2D eigenvalue weighted by Gasteiger charge is 2.26. The molecule has 0 saturated heterocycles. The monoisotopic (exact) mass is 394 g/mol. The van der Waals surface area contributed by atoms with Gasteiger partial charge in [-0.3, -0.25) is 4.79 Å². The number of hydrogen-bond acceptors (Lipinski definition) is 7. The molecule has 1 saturated carbocycles. The predicted octanol–water partition coefficient (Wildman–Crippen LogP) is 3.68. The van der Waals surface area contributed by atoms with Gasteiger partial charge in [0.25, 0.3) is 0 Å². The first-order valence-corrected chi connectivity index (χ1v) is 9.39. The topological polar surface area (TPSA) is 79.8 Å². The summed E-state index contributed by atoms with van der Waals surface area (Å²) in [6, 6.07) is 10.6. The quantitative estimate of drug-likeness (QED) is 0.539. The normalized spacial score (nSPS) is 13.2. The van der Waals surface area contributed by atoms with E-state index in [0.717, 1.165) is 12.8 Å². The molecule has 4 rings (SSSR count). The molecule has 1 heterocycles. The van der Waals surface area contributed by atoms with Crippen molar-refractivity contribution in [2.75, 3.05) is 27.9 Å². The van der Waals surface area contributed by atoms with Gasteiger partial charge in [-0.25, -0.2) is 9.97 Å². The van der Waals surface area contributed by atoms with Crippen LogP contribution in [0.2, 0.25) is 0 Å². The Labute approximate surface area is 168 Å². The fraction of sp³-hybridized carbons (Fsp3) is 0.318. The zero-order chi connectivity index (χ0) is 20.4. The van der Waals surface area contributed by atoms with Crippen molar-refractivity contribution in [3.05, 3.63) is 47.7 Å². The van der Waals surface area contributed by atoms with Gasteiger partial charge in [-0.2, -0.15) is 0 Å². The molecule has 0 unspecified atom stereocenters. The van der Waals surface area contributed by atoms with E-state index in [2.05, 4.69) is 9.97 Å². The van der Waals surface area contributed by atoms with Gasteiger partial charge in [0.05, 0.1) is 39.0 Å². The third-order valence-electron chi connectivity index (χ3n) is 4.83. The molecule has 29 heavy (non-hydrogen) atoms. The lowest BCUT2D eigenvalue weighted by molar-refractivity contribution is 0.102. The van der Waals surface area contributed by atoms with Crippen LogP contribution in [0.4, 0.5) is 0 Å². The molecule has 1 aromatic heterocycles. The Morgan fingerprint density at radius 2 is 1.59 bits per heavy atom. The summed E-state index contributed by atoms with van der Waals surface area (Å²) in [6.07, 6.45) is 2.27. The lowest BCUT2D eigenvalue weighted by atomic mass is 10.1. The molecule has 7 nitrogen and oxygen atoms in total. The maximum atomic E-state index is 13.4. The van der Waals surface area contributed by atoms with Crippen molar-refractivity contribution >= 4 is 16.8 Å². The number of carbonyl (C=O) groups is 1. The summed E-state index contributed by atoms with van der Waals surface area (Å²) in [5, 5.41) is 0. The second-order valence-corrected chi connectivity index (χ2v) is 6.86. The van der Waals surface area contributed by atoms with E-state index in [0.29, 0.717) is 46.4 Å². The standard InChI is InChI=1S/C22H22N2O5/c1-26-17-10-14(11-18(27-2)21(17)28-3)20(25)19-22(29-12-13-8-9-13)24-16-7-5-4-6-15(16)23-19/h4-7,10-11,13H,8-9,12H2,1-3H3. The molecule has 0 aliphatic heterocycles. The maximum Gasteiger partial charge on any atom is 0.244 e. The largest absolute Gasteiger partial charge is 0.493 e. The molecule has 0 bridgehead atoms. The molecule has 0 spiro atoms. The molecule has 0 amide bonds. The van der Waals surface area contributed by atoms with Gasteiger partial charge < -0.3 is 18.9 Å². The minimum Gasteiger partial charge on any atom is -0.493 e. The van der Waals surface area contributed by atoms with E-state index in [1.807, 2.05) is 24.3 Å². The molecular formula is C22H22N2O5. The number of hydrogen-bond donors (Lipinski definition) is 0. The Bertz CT molecular complexity index is 1040. The van der Waals surface area contributed by atoms with Crippen molar-refractivity contribution in [1.29, 1.82) is 0 Å². The summed E-state index contributed by atoms with van der Waals surface area (Å²) in [5.41, 5.74) is 1.82. The average molecular weight is 394 g/mol. The number of aromatic nitrogens is 2. The fourth-order valence-electron chi connectivity index (χ4n) is 3.06. The van der Waals surface area contributed by atoms with Crippen LogP contribution in [0.25, 0.3) is 11.0 Å². The maximum absolute atomic E-state index is 13.4.